The number of halogens is 2. The molecule has 0 saturated heterocycles. The van der Waals surface area contributed by atoms with E-state index >= 15 is 0 Å². The van der Waals surface area contributed by atoms with E-state index in [2.05, 4.69) is 10.6 Å². The zero-order valence-electron chi connectivity index (χ0n) is 14.0. The second-order valence-electron chi connectivity index (χ2n) is 5.82. The molecule has 3 aromatic rings. The molecule has 0 radical (unpaired) electrons. The smallest absolute Gasteiger partial charge is 0.167 e. The molecule has 3 aromatic carbocycles. The molecule has 0 aliphatic rings. The van der Waals surface area contributed by atoms with Gasteiger partial charge in [0.2, 0.25) is 0 Å². The molecule has 0 aromatic heterocycles. The Morgan fingerprint density at radius 1 is 0.846 bits per heavy atom. The Hall–Kier alpha value is -2.79. The Labute approximate surface area is 156 Å². The Morgan fingerprint density at radius 2 is 1.42 bits per heavy atom. The molecule has 0 heterocycles. The van der Waals surface area contributed by atoms with Crippen LogP contribution in [0.4, 0.5) is 8.78 Å². The highest BCUT2D eigenvalue weighted by Gasteiger charge is 2.15. The van der Waals surface area contributed by atoms with Crippen LogP contribution in [0.25, 0.3) is 0 Å². The topological polar surface area (TPSA) is 24.1 Å². The van der Waals surface area contributed by atoms with Crippen molar-refractivity contribution in [3.63, 3.8) is 0 Å². The normalized spacial score (nSPS) is 10.6. The van der Waals surface area contributed by atoms with Crippen LogP contribution in [0.5, 0.6) is 0 Å². The molecular formula is C21H18F2N2S. The van der Waals surface area contributed by atoms with Gasteiger partial charge in [-0.1, -0.05) is 60.7 Å². The quantitative estimate of drug-likeness (QED) is 0.638. The Morgan fingerprint density at radius 3 is 2.00 bits per heavy atom. The van der Waals surface area contributed by atoms with E-state index in [0.29, 0.717) is 5.11 Å². The van der Waals surface area contributed by atoms with Crippen molar-refractivity contribution in [3.05, 3.63) is 107 Å². The molecule has 2 nitrogen and oxygen atoms in total. The maximum atomic E-state index is 13.7. The number of benzene rings is 3. The number of hydrogen-bond donors (Lipinski definition) is 2. The summed E-state index contributed by atoms with van der Waals surface area (Å²) in [4.78, 5) is 0. The summed E-state index contributed by atoms with van der Waals surface area (Å²) >= 11 is 5.37. The van der Waals surface area contributed by atoms with Gasteiger partial charge >= 0.3 is 0 Å². The van der Waals surface area contributed by atoms with Gasteiger partial charge in [-0.2, -0.15) is 0 Å². The van der Waals surface area contributed by atoms with Crippen LogP contribution >= 0.6 is 12.2 Å². The van der Waals surface area contributed by atoms with Gasteiger partial charge in [-0.25, -0.2) is 8.78 Å². The lowest BCUT2D eigenvalue weighted by Crippen LogP contribution is -2.38. The minimum atomic E-state index is -0.478. The molecule has 5 heteroatoms. The highest BCUT2D eigenvalue weighted by molar-refractivity contribution is 7.80. The first-order chi connectivity index (χ1) is 12.6. The van der Waals surface area contributed by atoms with E-state index in [4.69, 9.17) is 12.2 Å². The molecule has 0 unspecified atom stereocenters. The van der Waals surface area contributed by atoms with Crippen molar-refractivity contribution in [1.29, 1.82) is 0 Å². The third-order valence-corrected chi connectivity index (χ3v) is 4.25. The molecule has 0 fully saturated rings. The van der Waals surface area contributed by atoms with Crippen LogP contribution in [-0.4, -0.2) is 5.11 Å². The fourth-order valence-electron chi connectivity index (χ4n) is 2.69. The SMILES string of the molecule is Fc1ccc(F)c(CNC(=S)NC(c2ccccc2)c2ccccc2)c1. The number of hydrogen-bond acceptors (Lipinski definition) is 1. The number of rotatable bonds is 5. The molecule has 0 bridgehead atoms. The van der Waals surface area contributed by atoms with Gasteiger partial charge < -0.3 is 10.6 Å². The predicted molar refractivity (Wildman–Crippen MR) is 104 cm³/mol. The summed E-state index contributed by atoms with van der Waals surface area (Å²) in [5, 5.41) is 6.58. The third kappa shape index (κ3) is 4.64. The van der Waals surface area contributed by atoms with Gasteiger partial charge in [-0.15, -0.1) is 0 Å². The van der Waals surface area contributed by atoms with Gasteiger partial charge in [0, 0.05) is 12.1 Å². The molecule has 26 heavy (non-hydrogen) atoms. The minimum Gasteiger partial charge on any atom is -0.359 e. The highest BCUT2D eigenvalue weighted by Crippen LogP contribution is 2.21. The molecular weight excluding hydrogens is 350 g/mol. The summed E-state index contributed by atoms with van der Waals surface area (Å²) in [6.07, 6.45) is 0. The first kappa shape index (κ1) is 18.0. The monoisotopic (exact) mass is 368 g/mol. The lowest BCUT2D eigenvalue weighted by Gasteiger charge is -2.22. The zero-order valence-corrected chi connectivity index (χ0v) is 14.8. The molecule has 0 aliphatic heterocycles. The maximum Gasteiger partial charge on any atom is 0.167 e. The van der Waals surface area contributed by atoms with E-state index in [-0.39, 0.29) is 18.2 Å². The average Bonchev–Trinajstić information content (AvgIpc) is 2.68. The van der Waals surface area contributed by atoms with Crippen molar-refractivity contribution in [2.75, 3.05) is 0 Å². The molecule has 0 amide bonds. The van der Waals surface area contributed by atoms with Gasteiger partial charge in [-0.05, 0) is 41.5 Å². The van der Waals surface area contributed by atoms with Crippen molar-refractivity contribution < 1.29 is 8.78 Å². The Kier molecular flexibility index (Phi) is 5.92. The van der Waals surface area contributed by atoms with Crippen molar-refractivity contribution in [3.8, 4) is 0 Å². The average molecular weight is 368 g/mol. The van der Waals surface area contributed by atoms with Crippen LogP contribution in [0.2, 0.25) is 0 Å². The summed E-state index contributed by atoms with van der Waals surface area (Å²) < 4.78 is 27.0. The molecule has 0 aliphatic carbocycles. The van der Waals surface area contributed by atoms with E-state index in [9.17, 15) is 8.78 Å². The lowest BCUT2D eigenvalue weighted by atomic mass is 9.99. The van der Waals surface area contributed by atoms with Crippen LogP contribution in [0.3, 0.4) is 0 Å². The summed E-state index contributed by atoms with van der Waals surface area (Å²) in [6.45, 7) is 0.103. The molecule has 2 N–H and O–H groups in total. The molecule has 132 valence electrons. The molecule has 3 rings (SSSR count). The molecule has 0 spiro atoms. The second-order valence-corrected chi connectivity index (χ2v) is 6.23. The first-order valence-electron chi connectivity index (χ1n) is 8.21. The van der Waals surface area contributed by atoms with Crippen molar-refractivity contribution in [2.45, 2.75) is 12.6 Å². The predicted octanol–water partition coefficient (Wildman–Crippen LogP) is 4.72. The van der Waals surface area contributed by atoms with E-state index < -0.39 is 11.6 Å². The molecule has 0 saturated carbocycles. The zero-order chi connectivity index (χ0) is 18.4. The van der Waals surface area contributed by atoms with Crippen LogP contribution in [0.15, 0.2) is 78.9 Å². The van der Waals surface area contributed by atoms with E-state index in [0.717, 1.165) is 29.3 Å². The van der Waals surface area contributed by atoms with Gasteiger partial charge in [0.05, 0.1) is 6.04 Å². The highest BCUT2D eigenvalue weighted by atomic mass is 32.1. The second kappa shape index (κ2) is 8.54. The largest absolute Gasteiger partial charge is 0.359 e. The van der Waals surface area contributed by atoms with Crippen LogP contribution < -0.4 is 10.6 Å². The van der Waals surface area contributed by atoms with Gasteiger partial charge in [-0.3, -0.25) is 0 Å². The van der Waals surface area contributed by atoms with Crippen LogP contribution in [-0.2, 0) is 6.54 Å². The Bertz CT molecular complexity index is 830. The lowest BCUT2D eigenvalue weighted by molar-refractivity contribution is 0.581. The van der Waals surface area contributed by atoms with Gasteiger partial charge in [0.1, 0.15) is 11.6 Å². The summed E-state index contributed by atoms with van der Waals surface area (Å²) in [6, 6.07) is 23.0. The van der Waals surface area contributed by atoms with Crippen molar-refractivity contribution >= 4 is 17.3 Å². The van der Waals surface area contributed by atoms with Crippen LogP contribution in [0.1, 0.15) is 22.7 Å². The number of nitrogens with one attached hydrogen (secondary N) is 2. The third-order valence-electron chi connectivity index (χ3n) is 3.99. The number of thiocarbonyl (C=S) groups is 1. The summed E-state index contributed by atoms with van der Waals surface area (Å²) in [7, 11) is 0. The summed E-state index contributed by atoms with van der Waals surface area (Å²) in [5.41, 5.74) is 2.34. The van der Waals surface area contributed by atoms with Crippen LogP contribution in [0, 0.1) is 11.6 Å². The minimum absolute atomic E-state index is 0.103. The van der Waals surface area contributed by atoms with Gasteiger partial charge in [0.25, 0.3) is 0 Å². The van der Waals surface area contributed by atoms with E-state index in [1.165, 1.54) is 0 Å². The van der Waals surface area contributed by atoms with E-state index in [1.807, 2.05) is 60.7 Å². The maximum absolute atomic E-state index is 13.7. The van der Waals surface area contributed by atoms with Gasteiger partial charge in [0.15, 0.2) is 5.11 Å². The first-order valence-corrected chi connectivity index (χ1v) is 8.62. The standard InChI is InChI=1S/C21H18F2N2S/c22-18-11-12-19(23)17(13-18)14-24-21(26)25-20(15-7-3-1-4-8-15)16-9-5-2-6-10-16/h1-13,20H,14H2,(H2,24,25,26). The van der Waals surface area contributed by atoms with Crippen molar-refractivity contribution in [2.24, 2.45) is 0 Å². The van der Waals surface area contributed by atoms with Crippen molar-refractivity contribution in [1.82, 2.24) is 10.6 Å². The van der Waals surface area contributed by atoms with E-state index in [1.54, 1.807) is 0 Å². The molecule has 0 atom stereocenters. The summed E-state index contributed by atoms with van der Waals surface area (Å²) in [5.74, 6) is -0.946. The fourth-order valence-corrected chi connectivity index (χ4v) is 2.88. The fraction of sp³-hybridized carbons (Fsp3) is 0.0952. The Balaban J connectivity index is 1.72.